The Balaban J connectivity index is 1.53. The molecule has 3 aromatic carbocycles. The highest BCUT2D eigenvalue weighted by atomic mass is 19.1. The number of carbonyl (C=O) groups excluding carboxylic acids is 1. The first-order chi connectivity index (χ1) is 18.0. The van der Waals surface area contributed by atoms with Crippen molar-refractivity contribution in [2.24, 2.45) is 11.5 Å². The van der Waals surface area contributed by atoms with E-state index in [9.17, 15) is 4.79 Å². The van der Waals surface area contributed by atoms with E-state index in [2.05, 4.69) is 20.6 Å². The maximum Gasteiger partial charge on any atom is 0.252 e. The van der Waals surface area contributed by atoms with E-state index < -0.39 is 23.8 Å². The second-order valence-corrected chi connectivity index (χ2v) is 8.58. The second-order valence-electron chi connectivity index (χ2n) is 8.58. The molecule has 0 saturated carbocycles. The van der Waals surface area contributed by atoms with Crippen LogP contribution in [0.2, 0.25) is 0 Å². The molecule has 0 bridgehead atoms. The molecule has 5 aromatic rings. The first kappa shape index (κ1) is 23.9. The number of anilines is 3. The quantitative estimate of drug-likeness (QED) is 0.228. The third kappa shape index (κ3) is 5.24. The number of primary amides is 1. The molecule has 0 aliphatic rings. The van der Waals surface area contributed by atoms with Crippen molar-refractivity contribution < 1.29 is 9.18 Å². The molecule has 2 aromatic heterocycles. The number of aromatic nitrogens is 2. The van der Waals surface area contributed by atoms with Crippen LogP contribution in [-0.2, 0) is 0 Å². The molecule has 1 amide bonds. The van der Waals surface area contributed by atoms with Gasteiger partial charge in [0.05, 0.1) is 23.2 Å². The van der Waals surface area contributed by atoms with Gasteiger partial charge in [-0.3, -0.25) is 9.78 Å². The Morgan fingerprint density at radius 2 is 1.54 bits per heavy atom. The van der Waals surface area contributed by atoms with E-state index in [4.69, 9.17) is 11.5 Å². The molecule has 0 fully saturated rings. The van der Waals surface area contributed by atoms with Gasteiger partial charge in [0, 0.05) is 17.3 Å². The minimum absolute atomic E-state index is 0.0600. The van der Waals surface area contributed by atoms with Crippen molar-refractivity contribution in [2.45, 2.75) is 12.1 Å². The Morgan fingerprint density at radius 1 is 0.838 bits per heavy atom. The maximum absolute atomic E-state index is 15.3. The predicted molar refractivity (Wildman–Crippen MR) is 144 cm³/mol. The lowest BCUT2D eigenvalue weighted by atomic mass is 9.94. The molecule has 7 nitrogen and oxygen atoms in total. The maximum atomic E-state index is 15.3. The molecule has 5 rings (SSSR count). The molecular formula is C29H25FN6O. The fourth-order valence-corrected chi connectivity index (χ4v) is 4.22. The van der Waals surface area contributed by atoms with Crippen LogP contribution in [0.5, 0.6) is 0 Å². The Bertz CT molecular complexity index is 1540. The van der Waals surface area contributed by atoms with Crippen LogP contribution in [0.15, 0.2) is 103 Å². The van der Waals surface area contributed by atoms with Crippen LogP contribution in [0.25, 0.3) is 10.9 Å². The van der Waals surface area contributed by atoms with Crippen molar-refractivity contribution in [1.82, 2.24) is 9.97 Å². The zero-order valence-corrected chi connectivity index (χ0v) is 19.8. The average molecular weight is 493 g/mol. The smallest absolute Gasteiger partial charge is 0.252 e. The average Bonchev–Trinajstić information content (AvgIpc) is 2.93. The number of benzene rings is 3. The number of amides is 1. The fourth-order valence-electron chi connectivity index (χ4n) is 4.22. The predicted octanol–water partition coefficient (Wildman–Crippen LogP) is 5.46. The molecule has 37 heavy (non-hydrogen) atoms. The van der Waals surface area contributed by atoms with E-state index in [1.54, 1.807) is 12.3 Å². The first-order valence-corrected chi connectivity index (χ1v) is 11.7. The summed E-state index contributed by atoms with van der Waals surface area (Å²) >= 11 is 0. The van der Waals surface area contributed by atoms with Gasteiger partial charge in [0.25, 0.3) is 5.91 Å². The van der Waals surface area contributed by atoms with Crippen LogP contribution < -0.4 is 22.1 Å². The van der Waals surface area contributed by atoms with Crippen LogP contribution in [0.4, 0.5) is 21.7 Å². The molecule has 184 valence electrons. The summed E-state index contributed by atoms with van der Waals surface area (Å²) in [6.07, 6.45) is 1.71. The fraction of sp³-hybridized carbons (Fsp3) is 0.0690. The Kier molecular flexibility index (Phi) is 6.74. The van der Waals surface area contributed by atoms with Gasteiger partial charge in [0.1, 0.15) is 5.82 Å². The van der Waals surface area contributed by atoms with Gasteiger partial charge >= 0.3 is 0 Å². The summed E-state index contributed by atoms with van der Waals surface area (Å²) in [5.41, 5.74) is 15.3. The lowest BCUT2D eigenvalue weighted by Gasteiger charge is -2.27. The van der Waals surface area contributed by atoms with Crippen molar-refractivity contribution in [2.75, 3.05) is 10.6 Å². The van der Waals surface area contributed by atoms with Gasteiger partial charge in [-0.2, -0.15) is 0 Å². The zero-order chi connectivity index (χ0) is 25.8. The molecular weight excluding hydrogens is 467 g/mol. The summed E-state index contributed by atoms with van der Waals surface area (Å²) in [6.45, 7) is 0. The van der Waals surface area contributed by atoms with Crippen LogP contribution in [0, 0.1) is 5.82 Å². The van der Waals surface area contributed by atoms with E-state index in [-0.39, 0.29) is 17.2 Å². The van der Waals surface area contributed by atoms with Crippen molar-refractivity contribution >= 4 is 34.1 Å². The molecule has 0 aliphatic heterocycles. The molecule has 0 unspecified atom stereocenters. The Hall–Kier alpha value is -4.82. The van der Waals surface area contributed by atoms with E-state index in [0.717, 1.165) is 28.1 Å². The largest absolute Gasteiger partial charge is 0.365 e. The number of hydrogen-bond donors (Lipinski definition) is 4. The Labute approximate surface area is 213 Å². The third-order valence-corrected chi connectivity index (χ3v) is 6.10. The number of nitrogens with two attached hydrogens (primary N) is 2. The Morgan fingerprint density at radius 3 is 2.24 bits per heavy atom. The lowest BCUT2D eigenvalue weighted by molar-refractivity contribution is 0.100. The van der Waals surface area contributed by atoms with Crippen LogP contribution in [-0.4, -0.2) is 15.9 Å². The van der Waals surface area contributed by atoms with Crippen LogP contribution in [0.1, 0.15) is 33.6 Å². The van der Waals surface area contributed by atoms with Crippen molar-refractivity contribution in [3.63, 3.8) is 0 Å². The summed E-state index contributed by atoms with van der Waals surface area (Å²) in [4.78, 5) is 20.9. The highest BCUT2D eigenvalue weighted by Gasteiger charge is 2.25. The number of halogens is 1. The molecule has 0 radical (unpaired) electrons. The summed E-state index contributed by atoms with van der Waals surface area (Å²) in [5.74, 6) is -1.46. The van der Waals surface area contributed by atoms with Crippen LogP contribution in [0.3, 0.4) is 0 Å². The SMILES string of the molecule is NC(=O)c1cc(F)c(N[C@@H](c2ccccc2)[C@@H](N)c2ccccc2)nc1Nc1ccc2ncccc2c1. The van der Waals surface area contributed by atoms with E-state index >= 15 is 4.39 Å². The van der Waals surface area contributed by atoms with E-state index in [1.165, 1.54) is 0 Å². The molecule has 0 saturated heterocycles. The standard InChI is InChI=1S/C29H25FN6O/c30-23-17-22(27(32)37)28(34-21-13-14-24-20(16-21)12-7-15-33-24)36-29(23)35-26(19-10-5-2-6-11-19)25(31)18-8-3-1-4-9-18/h1-17,25-26H,31H2,(H2,32,37)(H2,34,35,36)/t25-,26-/m0/s1. The van der Waals surface area contributed by atoms with Gasteiger partial charge in [-0.1, -0.05) is 66.7 Å². The topological polar surface area (TPSA) is 119 Å². The summed E-state index contributed by atoms with van der Waals surface area (Å²) in [7, 11) is 0. The monoisotopic (exact) mass is 492 g/mol. The lowest BCUT2D eigenvalue weighted by Crippen LogP contribution is -2.27. The number of nitrogens with zero attached hydrogens (tertiary/aromatic N) is 2. The molecule has 0 aliphatic carbocycles. The van der Waals surface area contributed by atoms with Gasteiger partial charge in [-0.05, 0) is 41.5 Å². The number of rotatable bonds is 8. The molecule has 2 heterocycles. The molecule has 2 atom stereocenters. The van der Waals surface area contributed by atoms with Gasteiger partial charge < -0.3 is 22.1 Å². The number of pyridine rings is 2. The van der Waals surface area contributed by atoms with Gasteiger partial charge in [0.15, 0.2) is 11.6 Å². The molecule has 6 N–H and O–H groups in total. The number of hydrogen-bond acceptors (Lipinski definition) is 6. The van der Waals surface area contributed by atoms with Crippen LogP contribution >= 0.6 is 0 Å². The normalized spacial score (nSPS) is 12.6. The summed E-state index contributed by atoms with van der Waals surface area (Å²) in [6, 6.07) is 28.4. The molecule has 0 spiro atoms. The first-order valence-electron chi connectivity index (χ1n) is 11.7. The molecule has 8 heteroatoms. The highest BCUT2D eigenvalue weighted by molar-refractivity contribution is 5.99. The summed E-state index contributed by atoms with van der Waals surface area (Å²) < 4.78 is 15.3. The van der Waals surface area contributed by atoms with Gasteiger partial charge in [-0.15, -0.1) is 0 Å². The van der Waals surface area contributed by atoms with Crippen molar-refractivity contribution in [3.05, 3.63) is 126 Å². The highest BCUT2D eigenvalue weighted by Crippen LogP contribution is 2.32. The van der Waals surface area contributed by atoms with Crippen molar-refractivity contribution in [3.8, 4) is 0 Å². The second kappa shape index (κ2) is 10.4. The number of fused-ring (bicyclic) bond motifs is 1. The van der Waals surface area contributed by atoms with Crippen molar-refractivity contribution in [1.29, 1.82) is 0 Å². The van der Waals surface area contributed by atoms with E-state index in [1.807, 2.05) is 84.9 Å². The van der Waals surface area contributed by atoms with Gasteiger partial charge in [-0.25, -0.2) is 9.37 Å². The van der Waals surface area contributed by atoms with Gasteiger partial charge in [0.2, 0.25) is 0 Å². The van der Waals surface area contributed by atoms with E-state index in [0.29, 0.717) is 5.69 Å². The minimum atomic E-state index is -0.802. The number of carbonyl (C=O) groups is 1. The summed E-state index contributed by atoms with van der Waals surface area (Å²) in [5, 5.41) is 7.18. The zero-order valence-electron chi connectivity index (χ0n) is 19.8. The number of nitrogens with one attached hydrogen (secondary N) is 2. The third-order valence-electron chi connectivity index (χ3n) is 6.10. The minimum Gasteiger partial charge on any atom is -0.365 e.